The molecule has 5 nitrogen and oxygen atoms in total. The molecule has 122 valence electrons. The van der Waals surface area contributed by atoms with Gasteiger partial charge >= 0.3 is 10.2 Å². The van der Waals surface area contributed by atoms with Gasteiger partial charge in [0.05, 0.1) is 5.69 Å². The van der Waals surface area contributed by atoms with E-state index in [4.69, 9.17) is 4.74 Å². The first-order chi connectivity index (χ1) is 11.1. The maximum Gasteiger partial charge on any atom is 0.301 e. The predicted octanol–water partition coefficient (Wildman–Crippen LogP) is 3.02. The van der Waals surface area contributed by atoms with Crippen molar-refractivity contribution in [2.45, 2.75) is 19.4 Å². The highest BCUT2D eigenvalue weighted by atomic mass is 32.2. The molecule has 1 fully saturated rings. The Bertz CT molecular complexity index is 724. The Labute approximate surface area is 137 Å². The quantitative estimate of drug-likeness (QED) is 0.884. The second-order valence-electron chi connectivity index (χ2n) is 5.51. The van der Waals surface area contributed by atoms with Gasteiger partial charge in [-0.25, -0.2) is 0 Å². The van der Waals surface area contributed by atoms with E-state index in [-0.39, 0.29) is 0 Å². The van der Waals surface area contributed by atoms with Gasteiger partial charge in [0, 0.05) is 13.1 Å². The second kappa shape index (κ2) is 7.02. The molecule has 2 aromatic carbocycles. The van der Waals surface area contributed by atoms with Crippen molar-refractivity contribution >= 4 is 15.9 Å². The fourth-order valence-electron chi connectivity index (χ4n) is 2.50. The molecule has 0 unspecified atom stereocenters. The zero-order valence-corrected chi connectivity index (χ0v) is 13.6. The van der Waals surface area contributed by atoms with Crippen LogP contribution in [0.15, 0.2) is 54.6 Å². The molecule has 0 saturated carbocycles. The largest absolute Gasteiger partial charge is 0.489 e. The van der Waals surface area contributed by atoms with E-state index >= 15 is 0 Å². The van der Waals surface area contributed by atoms with Crippen LogP contribution in [-0.2, 0) is 16.8 Å². The number of ether oxygens (including phenoxy) is 1. The molecule has 1 N–H and O–H groups in total. The smallest absolute Gasteiger partial charge is 0.301 e. The van der Waals surface area contributed by atoms with Crippen LogP contribution in [0.5, 0.6) is 5.75 Å². The van der Waals surface area contributed by atoms with Crippen molar-refractivity contribution < 1.29 is 13.2 Å². The molecule has 0 spiro atoms. The van der Waals surface area contributed by atoms with Gasteiger partial charge in [0.15, 0.2) is 0 Å². The van der Waals surface area contributed by atoms with Crippen molar-refractivity contribution in [1.82, 2.24) is 4.31 Å². The average molecular weight is 332 g/mol. The Morgan fingerprint density at radius 3 is 2.26 bits per heavy atom. The molecule has 0 amide bonds. The van der Waals surface area contributed by atoms with Gasteiger partial charge in [0.1, 0.15) is 12.4 Å². The van der Waals surface area contributed by atoms with Crippen LogP contribution in [-0.4, -0.2) is 25.8 Å². The van der Waals surface area contributed by atoms with Gasteiger partial charge in [-0.05, 0) is 42.7 Å². The average Bonchev–Trinajstić information content (AvgIpc) is 3.10. The lowest BCUT2D eigenvalue weighted by Gasteiger charge is -2.17. The molecular weight excluding hydrogens is 312 g/mol. The normalized spacial score (nSPS) is 15.5. The molecule has 23 heavy (non-hydrogen) atoms. The first-order valence-corrected chi connectivity index (χ1v) is 9.12. The Morgan fingerprint density at radius 2 is 1.61 bits per heavy atom. The third kappa shape index (κ3) is 4.24. The number of nitrogens with one attached hydrogen (secondary N) is 1. The van der Waals surface area contributed by atoms with E-state index in [2.05, 4.69) is 4.72 Å². The number of hydrogen-bond acceptors (Lipinski definition) is 3. The van der Waals surface area contributed by atoms with E-state index in [0.29, 0.717) is 31.1 Å². The summed E-state index contributed by atoms with van der Waals surface area (Å²) in [6.45, 7) is 1.67. The molecular formula is C17H20N2O3S. The fraction of sp³-hybridized carbons (Fsp3) is 0.294. The SMILES string of the molecule is O=S(=O)(Nc1ccc(OCc2ccccc2)cc1)N1CCCC1. The van der Waals surface area contributed by atoms with Crippen LogP contribution in [0.4, 0.5) is 5.69 Å². The molecule has 0 radical (unpaired) electrons. The summed E-state index contributed by atoms with van der Waals surface area (Å²) in [7, 11) is -3.44. The summed E-state index contributed by atoms with van der Waals surface area (Å²) in [5.74, 6) is 0.706. The third-order valence-corrected chi connectivity index (χ3v) is 5.29. The minimum absolute atomic E-state index is 0.486. The first-order valence-electron chi connectivity index (χ1n) is 7.68. The lowest BCUT2D eigenvalue weighted by Crippen LogP contribution is -2.33. The summed E-state index contributed by atoms with van der Waals surface area (Å²) < 4.78 is 34.1. The number of hydrogen-bond donors (Lipinski definition) is 1. The van der Waals surface area contributed by atoms with Crippen molar-refractivity contribution in [3.63, 3.8) is 0 Å². The third-order valence-electron chi connectivity index (χ3n) is 3.75. The standard InChI is InChI=1S/C17H20N2O3S/c20-23(21,19-12-4-5-13-19)18-16-8-10-17(11-9-16)22-14-15-6-2-1-3-7-15/h1-3,6-11,18H,4-5,12-14H2. The van der Waals surface area contributed by atoms with Gasteiger partial charge in [-0.3, -0.25) is 4.72 Å². The number of rotatable bonds is 6. The van der Waals surface area contributed by atoms with Crippen LogP contribution in [0, 0.1) is 0 Å². The Kier molecular flexibility index (Phi) is 4.83. The fourth-order valence-corrected chi connectivity index (χ4v) is 3.80. The minimum atomic E-state index is -3.44. The summed E-state index contributed by atoms with van der Waals surface area (Å²) in [5, 5.41) is 0. The zero-order chi connectivity index (χ0) is 16.1. The minimum Gasteiger partial charge on any atom is -0.489 e. The molecule has 6 heteroatoms. The van der Waals surface area contributed by atoms with Crippen molar-refractivity contribution in [3.05, 3.63) is 60.2 Å². The van der Waals surface area contributed by atoms with Crippen LogP contribution in [0.3, 0.4) is 0 Å². The lowest BCUT2D eigenvalue weighted by molar-refractivity contribution is 0.306. The van der Waals surface area contributed by atoms with E-state index in [1.807, 2.05) is 30.3 Å². The van der Waals surface area contributed by atoms with Gasteiger partial charge in [-0.2, -0.15) is 12.7 Å². The lowest BCUT2D eigenvalue weighted by atomic mass is 10.2. The summed E-state index contributed by atoms with van der Waals surface area (Å²) in [6, 6.07) is 16.9. The molecule has 0 bridgehead atoms. The van der Waals surface area contributed by atoms with Crippen LogP contribution in [0.25, 0.3) is 0 Å². The van der Waals surface area contributed by atoms with E-state index in [9.17, 15) is 8.42 Å². The summed E-state index contributed by atoms with van der Waals surface area (Å²) in [5.41, 5.74) is 1.63. The highest BCUT2D eigenvalue weighted by Gasteiger charge is 2.24. The highest BCUT2D eigenvalue weighted by molar-refractivity contribution is 7.90. The number of benzene rings is 2. The Balaban J connectivity index is 1.58. The van der Waals surface area contributed by atoms with Gasteiger partial charge in [-0.15, -0.1) is 0 Å². The van der Waals surface area contributed by atoms with Crippen LogP contribution in [0.2, 0.25) is 0 Å². The number of anilines is 1. The van der Waals surface area contributed by atoms with E-state index in [1.54, 1.807) is 24.3 Å². The molecule has 0 aromatic heterocycles. The van der Waals surface area contributed by atoms with Crippen molar-refractivity contribution in [1.29, 1.82) is 0 Å². The predicted molar refractivity (Wildman–Crippen MR) is 90.6 cm³/mol. The van der Waals surface area contributed by atoms with Gasteiger partial charge in [-0.1, -0.05) is 30.3 Å². The van der Waals surface area contributed by atoms with E-state index < -0.39 is 10.2 Å². The van der Waals surface area contributed by atoms with Gasteiger partial charge in [0.2, 0.25) is 0 Å². The summed E-state index contributed by atoms with van der Waals surface area (Å²) in [4.78, 5) is 0. The Hall–Kier alpha value is -2.05. The molecule has 1 aliphatic heterocycles. The first kappa shape index (κ1) is 15.8. The monoisotopic (exact) mass is 332 g/mol. The van der Waals surface area contributed by atoms with Crippen molar-refractivity contribution in [3.8, 4) is 5.75 Å². The molecule has 1 heterocycles. The van der Waals surface area contributed by atoms with E-state index in [1.165, 1.54) is 4.31 Å². The number of nitrogens with zero attached hydrogens (tertiary/aromatic N) is 1. The molecule has 1 aliphatic rings. The maximum absolute atomic E-state index is 12.2. The zero-order valence-electron chi connectivity index (χ0n) is 12.8. The molecule has 3 rings (SSSR count). The maximum atomic E-state index is 12.2. The van der Waals surface area contributed by atoms with Crippen LogP contribution >= 0.6 is 0 Å². The second-order valence-corrected chi connectivity index (χ2v) is 7.18. The van der Waals surface area contributed by atoms with Crippen molar-refractivity contribution in [2.75, 3.05) is 17.8 Å². The van der Waals surface area contributed by atoms with E-state index in [0.717, 1.165) is 18.4 Å². The van der Waals surface area contributed by atoms with Gasteiger partial charge in [0.25, 0.3) is 0 Å². The summed E-state index contributed by atoms with van der Waals surface area (Å²) in [6.07, 6.45) is 1.85. The molecule has 0 atom stereocenters. The van der Waals surface area contributed by atoms with Crippen LogP contribution in [0.1, 0.15) is 18.4 Å². The molecule has 0 aliphatic carbocycles. The van der Waals surface area contributed by atoms with Gasteiger partial charge < -0.3 is 4.74 Å². The van der Waals surface area contributed by atoms with Crippen molar-refractivity contribution in [2.24, 2.45) is 0 Å². The molecule has 2 aromatic rings. The topological polar surface area (TPSA) is 58.6 Å². The van der Waals surface area contributed by atoms with Crippen LogP contribution < -0.4 is 9.46 Å². The highest BCUT2D eigenvalue weighted by Crippen LogP contribution is 2.20. The summed E-state index contributed by atoms with van der Waals surface area (Å²) >= 11 is 0. The Morgan fingerprint density at radius 1 is 0.957 bits per heavy atom. The molecule has 1 saturated heterocycles.